The fourth-order valence-corrected chi connectivity index (χ4v) is 1.82. The van der Waals surface area contributed by atoms with Crippen molar-refractivity contribution in [1.82, 2.24) is 9.78 Å². The zero-order valence-electron chi connectivity index (χ0n) is 11.0. The Labute approximate surface area is 103 Å². The summed E-state index contributed by atoms with van der Waals surface area (Å²) >= 11 is 0. The molecule has 2 heteroatoms. The van der Waals surface area contributed by atoms with Crippen molar-refractivity contribution in [3.63, 3.8) is 0 Å². The van der Waals surface area contributed by atoms with Crippen molar-refractivity contribution in [2.45, 2.75) is 39.2 Å². The van der Waals surface area contributed by atoms with Crippen molar-refractivity contribution >= 4 is 0 Å². The van der Waals surface area contributed by atoms with E-state index in [1.165, 1.54) is 11.1 Å². The average Bonchev–Trinajstić information content (AvgIpc) is 2.78. The number of hydrogen-bond acceptors (Lipinski definition) is 1. The van der Waals surface area contributed by atoms with Crippen molar-refractivity contribution in [3.05, 3.63) is 53.9 Å². The Balaban J connectivity index is 2.27. The maximum atomic E-state index is 4.48. The van der Waals surface area contributed by atoms with Gasteiger partial charge in [0.1, 0.15) is 0 Å². The molecule has 2 nitrogen and oxygen atoms in total. The Morgan fingerprint density at radius 2 is 1.76 bits per heavy atom. The summed E-state index contributed by atoms with van der Waals surface area (Å²) in [5.74, 6) is 0. The second-order valence-electron chi connectivity index (χ2n) is 5.55. The lowest BCUT2D eigenvalue weighted by Gasteiger charge is -2.16. The fourth-order valence-electron chi connectivity index (χ4n) is 1.82. The molecule has 1 unspecified atom stereocenters. The first-order valence-electron chi connectivity index (χ1n) is 6.08. The van der Waals surface area contributed by atoms with Crippen LogP contribution < -0.4 is 0 Å². The first-order valence-corrected chi connectivity index (χ1v) is 6.08. The first-order chi connectivity index (χ1) is 7.98. The van der Waals surface area contributed by atoms with Gasteiger partial charge in [-0.3, -0.25) is 4.68 Å². The molecule has 1 aromatic heterocycles. The predicted octanol–water partition coefficient (Wildman–Crippen LogP) is 3.79. The van der Waals surface area contributed by atoms with E-state index < -0.39 is 0 Å². The maximum Gasteiger partial charge on any atom is 0.0740 e. The standard InChI is InChI=1S/C15H20N2/c1-12(13-8-6-5-7-9-13)17-11-14(10-16-17)15(2,3)4/h5-12H,1-4H3. The van der Waals surface area contributed by atoms with Crippen LogP contribution in [-0.2, 0) is 5.41 Å². The van der Waals surface area contributed by atoms with E-state index in [0.29, 0.717) is 0 Å². The van der Waals surface area contributed by atoms with Crippen molar-refractivity contribution in [1.29, 1.82) is 0 Å². The highest BCUT2D eigenvalue weighted by Crippen LogP contribution is 2.24. The van der Waals surface area contributed by atoms with Crippen molar-refractivity contribution in [2.75, 3.05) is 0 Å². The molecule has 0 amide bonds. The molecule has 17 heavy (non-hydrogen) atoms. The summed E-state index contributed by atoms with van der Waals surface area (Å²) in [4.78, 5) is 0. The average molecular weight is 228 g/mol. The van der Waals surface area contributed by atoms with Gasteiger partial charge in [0.2, 0.25) is 0 Å². The molecule has 2 aromatic rings. The minimum atomic E-state index is 0.161. The third-order valence-electron chi connectivity index (χ3n) is 3.15. The molecule has 0 saturated carbocycles. The Hall–Kier alpha value is -1.57. The number of benzene rings is 1. The predicted molar refractivity (Wildman–Crippen MR) is 71.2 cm³/mol. The Kier molecular flexibility index (Phi) is 3.05. The van der Waals surface area contributed by atoms with Crippen LogP contribution >= 0.6 is 0 Å². The van der Waals surface area contributed by atoms with E-state index in [2.05, 4.69) is 63.3 Å². The molecule has 0 spiro atoms. The van der Waals surface area contributed by atoms with Crippen LogP contribution in [0.4, 0.5) is 0 Å². The van der Waals surface area contributed by atoms with Gasteiger partial charge in [0.25, 0.3) is 0 Å². The third kappa shape index (κ3) is 2.57. The molecule has 1 atom stereocenters. The molecule has 2 rings (SSSR count). The van der Waals surface area contributed by atoms with Gasteiger partial charge < -0.3 is 0 Å². The molecule has 1 aromatic carbocycles. The van der Waals surface area contributed by atoms with Gasteiger partial charge >= 0.3 is 0 Å². The first kappa shape index (κ1) is 11.9. The molecular formula is C15H20N2. The van der Waals surface area contributed by atoms with E-state index >= 15 is 0 Å². The maximum absolute atomic E-state index is 4.48. The zero-order valence-corrected chi connectivity index (χ0v) is 11.0. The summed E-state index contributed by atoms with van der Waals surface area (Å²) in [6, 6.07) is 10.7. The van der Waals surface area contributed by atoms with Gasteiger partial charge in [-0.25, -0.2) is 0 Å². The number of aromatic nitrogens is 2. The lowest BCUT2D eigenvalue weighted by Crippen LogP contribution is -2.10. The van der Waals surface area contributed by atoms with Crippen LogP contribution in [0.5, 0.6) is 0 Å². The zero-order chi connectivity index (χ0) is 12.5. The highest BCUT2D eigenvalue weighted by atomic mass is 15.3. The number of nitrogens with zero attached hydrogens (tertiary/aromatic N) is 2. The summed E-state index contributed by atoms with van der Waals surface area (Å²) in [6.45, 7) is 8.80. The van der Waals surface area contributed by atoms with Crippen LogP contribution in [0, 0.1) is 0 Å². The van der Waals surface area contributed by atoms with Gasteiger partial charge in [-0.15, -0.1) is 0 Å². The summed E-state index contributed by atoms with van der Waals surface area (Å²) in [7, 11) is 0. The highest BCUT2D eigenvalue weighted by Gasteiger charge is 2.17. The molecule has 0 aliphatic heterocycles. The second kappa shape index (κ2) is 4.36. The van der Waals surface area contributed by atoms with Gasteiger partial charge in [-0.2, -0.15) is 5.10 Å². The highest BCUT2D eigenvalue weighted by molar-refractivity contribution is 5.21. The minimum Gasteiger partial charge on any atom is -0.265 e. The lowest BCUT2D eigenvalue weighted by molar-refractivity contribution is 0.556. The van der Waals surface area contributed by atoms with Crippen molar-refractivity contribution < 1.29 is 0 Å². The van der Waals surface area contributed by atoms with Crippen LogP contribution in [-0.4, -0.2) is 9.78 Å². The van der Waals surface area contributed by atoms with Crippen molar-refractivity contribution in [2.24, 2.45) is 0 Å². The summed E-state index contributed by atoms with van der Waals surface area (Å²) < 4.78 is 2.04. The second-order valence-corrected chi connectivity index (χ2v) is 5.55. The topological polar surface area (TPSA) is 17.8 Å². The molecule has 0 aliphatic carbocycles. The van der Waals surface area contributed by atoms with E-state index in [9.17, 15) is 0 Å². The quantitative estimate of drug-likeness (QED) is 0.764. The minimum absolute atomic E-state index is 0.161. The van der Waals surface area contributed by atoms with Gasteiger partial charge in [0.15, 0.2) is 0 Å². The largest absolute Gasteiger partial charge is 0.265 e. The molecule has 0 fully saturated rings. The SMILES string of the molecule is CC(c1ccccc1)n1cc(C(C)(C)C)cn1. The van der Waals surface area contributed by atoms with Gasteiger partial charge in [0, 0.05) is 6.20 Å². The van der Waals surface area contributed by atoms with Crippen LogP contribution in [0.15, 0.2) is 42.7 Å². The Bertz CT molecular complexity index is 477. The van der Waals surface area contributed by atoms with E-state index in [0.717, 1.165) is 0 Å². The van der Waals surface area contributed by atoms with Crippen LogP contribution in [0.3, 0.4) is 0 Å². The summed E-state index contributed by atoms with van der Waals surface area (Å²) in [6.07, 6.45) is 4.12. The van der Waals surface area contributed by atoms with E-state index in [4.69, 9.17) is 0 Å². The molecule has 1 heterocycles. The normalized spacial score (nSPS) is 13.6. The van der Waals surface area contributed by atoms with E-state index in [1.54, 1.807) is 0 Å². The van der Waals surface area contributed by atoms with Gasteiger partial charge in [-0.05, 0) is 23.5 Å². The van der Waals surface area contributed by atoms with Crippen LogP contribution in [0.2, 0.25) is 0 Å². The molecule has 90 valence electrons. The number of rotatable bonds is 2. The summed E-state index contributed by atoms with van der Waals surface area (Å²) in [5.41, 5.74) is 2.73. The molecule has 0 N–H and O–H groups in total. The van der Waals surface area contributed by atoms with Gasteiger partial charge in [-0.1, -0.05) is 51.1 Å². The van der Waals surface area contributed by atoms with Crippen LogP contribution in [0.1, 0.15) is 44.9 Å². The summed E-state index contributed by atoms with van der Waals surface area (Å²) in [5, 5.41) is 4.48. The van der Waals surface area contributed by atoms with E-state index in [1.807, 2.05) is 16.9 Å². The molecule has 0 radical (unpaired) electrons. The number of hydrogen-bond donors (Lipinski definition) is 0. The molecular weight excluding hydrogens is 208 g/mol. The Morgan fingerprint density at radius 3 is 2.29 bits per heavy atom. The molecule has 0 bridgehead atoms. The lowest BCUT2D eigenvalue weighted by atomic mass is 9.90. The van der Waals surface area contributed by atoms with E-state index in [-0.39, 0.29) is 11.5 Å². The fraction of sp³-hybridized carbons (Fsp3) is 0.400. The molecule has 0 aliphatic rings. The third-order valence-corrected chi connectivity index (χ3v) is 3.15. The van der Waals surface area contributed by atoms with Crippen molar-refractivity contribution in [3.8, 4) is 0 Å². The van der Waals surface area contributed by atoms with Crippen LogP contribution in [0.25, 0.3) is 0 Å². The monoisotopic (exact) mass is 228 g/mol. The van der Waals surface area contributed by atoms with Gasteiger partial charge in [0.05, 0.1) is 12.2 Å². The Morgan fingerprint density at radius 1 is 1.12 bits per heavy atom. The smallest absolute Gasteiger partial charge is 0.0740 e. The molecule has 0 saturated heterocycles.